The summed E-state index contributed by atoms with van der Waals surface area (Å²) in [5.41, 5.74) is 12.4. The van der Waals surface area contributed by atoms with Gasteiger partial charge in [-0.25, -0.2) is 0 Å². The minimum absolute atomic E-state index is 0.158. The Morgan fingerprint density at radius 1 is 0.921 bits per heavy atom. The zero-order valence-electron chi connectivity index (χ0n) is 22.0. The van der Waals surface area contributed by atoms with Crippen molar-refractivity contribution in [2.45, 2.75) is 50.4 Å². The highest BCUT2D eigenvalue weighted by molar-refractivity contribution is 5.92. The van der Waals surface area contributed by atoms with Crippen LogP contribution in [-0.4, -0.2) is 33.8 Å². The van der Waals surface area contributed by atoms with Crippen molar-refractivity contribution in [1.29, 1.82) is 0 Å². The van der Waals surface area contributed by atoms with Crippen LogP contribution < -0.4 is 10.1 Å². The first-order chi connectivity index (χ1) is 18.2. The fourth-order valence-electron chi connectivity index (χ4n) is 5.94. The Balaban J connectivity index is 1.36. The lowest BCUT2D eigenvalue weighted by Gasteiger charge is -2.50. The second-order valence-electron chi connectivity index (χ2n) is 11.7. The van der Waals surface area contributed by atoms with Crippen molar-refractivity contribution in [3.63, 3.8) is 0 Å². The Kier molecular flexibility index (Phi) is 5.05. The van der Waals surface area contributed by atoms with Gasteiger partial charge in [-0.1, -0.05) is 47.1 Å². The standard InChI is InChI=1S/C31H32N5O2/c1-29(2,3)28-34-36(24-11-9-23(10-12-24)30(32)19-31(20-30)37-15-16-38-31)27-25-17-22(21-7-5-4-6-8-21)18-33-26(25)13-14-35(27)28/h4-14,17-18H,15-16,19-20,32H2,1-3H3/q+1. The Labute approximate surface area is 221 Å². The van der Waals surface area contributed by atoms with Crippen molar-refractivity contribution in [1.82, 2.24) is 14.8 Å². The third-order valence-corrected chi connectivity index (χ3v) is 7.84. The lowest BCUT2D eigenvalue weighted by Crippen LogP contribution is -2.60. The predicted octanol–water partition coefficient (Wildman–Crippen LogP) is 4.81. The van der Waals surface area contributed by atoms with Gasteiger partial charge in [-0.2, -0.15) is 4.40 Å². The molecule has 2 N–H and O–H groups in total. The minimum atomic E-state index is -0.494. The van der Waals surface area contributed by atoms with Gasteiger partial charge in [0.1, 0.15) is 5.69 Å². The van der Waals surface area contributed by atoms with E-state index in [1.54, 1.807) is 0 Å². The minimum Gasteiger partial charge on any atom is -0.347 e. The van der Waals surface area contributed by atoms with Gasteiger partial charge in [0, 0.05) is 29.7 Å². The summed E-state index contributed by atoms with van der Waals surface area (Å²) < 4.78 is 15.9. The van der Waals surface area contributed by atoms with E-state index in [0.717, 1.165) is 44.8 Å². The average molecular weight is 507 g/mol. The molecule has 4 heterocycles. The molecule has 3 aromatic heterocycles. The number of benzene rings is 2. The molecule has 1 saturated heterocycles. The van der Waals surface area contributed by atoms with Gasteiger partial charge < -0.3 is 15.2 Å². The van der Waals surface area contributed by atoms with Crippen LogP contribution in [0.25, 0.3) is 33.4 Å². The monoisotopic (exact) mass is 506 g/mol. The molecular weight excluding hydrogens is 474 g/mol. The summed E-state index contributed by atoms with van der Waals surface area (Å²) >= 11 is 0. The second kappa shape index (κ2) is 8.17. The van der Waals surface area contributed by atoms with Crippen molar-refractivity contribution in [3.05, 3.63) is 90.5 Å². The number of nitrogens with two attached hydrogens (primary N) is 1. The van der Waals surface area contributed by atoms with Gasteiger partial charge in [-0.15, -0.1) is 0 Å². The second-order valence-corrected chi connectivity index (χ2v) is 11.7. The summed E-state index contributed by atoms with van der Waals surface area (Å²) in [6.45, 7) is 7.86. The number of ether oxygens (including phenoxy) is 2. The highest BCUT2D eigenvalue weighted by Gasteiger charge is 2.57. The van der Waals surface area contributed by atoms with E-state index in [1.807, 2.05) is 16.9 Å². The number of aromatic nitrogens is 4. The highest BCUT2D eigenvalue weighted by atomic mass is 16.7. The molecule has 1 saturated carbocycles. The molecule has 2 aromatic carbocycles. The zero-order chi connectivity index (χ0) is 26.1. The molecule has 0 atom stereocenters. The number of pyridine rings is 2. The first-order valence-electron chi connectivity index (χ1n) is 13.2. The van der Waals surface area contributed by atoms with Gasteiger partial charge in [0.05, 0.1) is 41.3 Å². The summed E-state index contributed by atoms with van der Waals surface area (Å²) in [4.78, 5) is 4.82. The van der Waals surface area contributed by atoms with Crippen LogP contribution in [0, 0.1) is 0 Å². The summed E-state index contributed by atoms with van der Waals surface area (Å²) in [5, 5.41) is 6.20. The molecule has 0 unspecified atom stereocenters. The maximum absolute atomic E-state index is 6.77. The van der Waals surface area contributed by atoms with E-state index in [9.17, 15) is 0 Å². The number of rotatable bonds is 3. The summed E-state index contributed by atoms with van der Waals surface area (Å²) in [6.07, 6.45) is 5.37. The molecule has 0 bridgehead atoms. The fraction of sp³-hybridized carbons (Fsp3) is 0.323. The molecule has 7 nitrogen and oxygen atoms in total. The lowest BCUT2D eigenvalue weighted by molar-refractivity contribution is -0.526. The van der Waals surface area contributed by atoms with Gasteiger partial charge in [0.25, 0.3) is 11.5 Å². The number of fused-ring (bicyclic) bond motifs is 3. The van der Waals surface area contributed by atoms with E-state index in [4.69, 9.17) is 25.3 Å². The Bertz CT molecular complexity index is 1650. The van der Waals surface area contributed by atoms with Gasteiger partial charge in [0.15, 0.2) is 5.79 Å². The molecule has 1 aliphatic heterocycles. The molecule has 1 spiro atoms. The molecule has 2 aliphatic rings. The third-order valence-electron chi connectivity index (χ3n) is 7.84. The Morgan fingerprint density at radius 3 is 2.32 bits per heavy atom. The number of hydrogen-bond donors (Lipinski definition) is 1. The molecule has 0 radical (unpaired) electrons. The van der Waals surface area contributed by atoms with Gasteiger partial charge in [-0.3, -0.25) is 4.98 Å². The van der Waals surface area contributed by atoms with Gasteiger partial charge in [0.2, 0.25) is 0 Å². The van der Waals surface area contributed by atoms with Crippen LogP contribution in [0.1, 0.15) is 45.0 Å². The maximum atomic E-state index is 6.77. The van der Waals surface area contributed by atoms with Crippen molar-refractivity contribution < 1.29 is 13.9 Å². The van der Waals surface area contributed by atoms with Crippen LogP contribution >= 0.6 is 0 Å². The molecule has 5 aromatic rings. The summed E-state index contributed by atoms with van der Waals surface area (Å²) in [5.74, 6) is 0.488. The summed E-state index contributed by atoms with van der Waals surface area (Å²) in [7, 11) is 0. The van der Waals surface area contributed by atoms with Gasteiger partial charge >= 0.3 is 0 Å². The average Bonchev–Trinajstić information content (AvgIpc) is 3.54. The molecule has 7 heteroatoms. The summed E-state index contributed by atoms with van der Waals surface area (Å²) in [6, 6.07) is 23.1. The molecule has 1 aliphatic carbocycles. The first-order valence-corrected chi connectivity index (χ1v) is 13.2. The molecular formula is C31H32N5O2+. The molecule has 38 heavy (non-hydrogen) atoms. The van der Waals surface area contributed by atoms with Crippen molar-refractivity contribution >= 4 is 16.6 Å². The van der Waals surface area contributed by atoms with Gasteiger partial charge in [-0.05, 0) is 56.2 Å². The van der Waals surface area contributed by atoms with Crippen LogP contribution in [0.2, 0.25) is 0 Å². The first kappa shape index (κ1) is 23.5. The maximum Gasteiger partial charge on any atom is 0.288 e. The van der Waals surface area contributed by atoms with Crippen LogP contribution in [0.5, 0.6) is 0 Å². The highest BCUT2D eigenvalue weighted by Crippen LogP contribution is 2.51. The van der Waals surface area contributed by atoms with E-state index in [1.165, 1.54) is 0 Å². The number of hydrogen-bond acceptors (Lipinski definition) is 5. The van der Waals surface area contributed by atoms with Crippen LogP contribution in [0.3, 0.4) is 0 Å². The van der Waals surface area contributed by atoms with Crippen LogP contribution in [0.4, 0.5) is 0 Å². The quantitative estimate of drug-likeness (QED) is 0.355. The molecule has 7 rings (SSSR count). The smallest absolute Gasteiger partial charge is 0.288 e. The Morgan fingerprint density at radius 2 is 1.63 bits per heavy atom. The van der Waals surface area contributed by atoms with Crippen molar-refractivity contribution in [2.24, 2.45) is 5.73 Å². The largest absolute Gasteiger partial charge is 0.347 e. The molecule has 0 amide bonds. The van der Waals surface area contributed by atoms with E-state index in [2.05, 4.69) is 92.0 Å². The van der Waals surface area contributed by atoms with E-state index >= 15 is 0 Å². The molecule has 2 fully saturated rings. The predicted molar refractivity (Wildman–Crippen MR) is 146 cm³/mol. The fourth-order valence-corrected chi connectivity index (χ4v) is 5.94. The van der Waals surface area contributed by atoms with E-state index in [-0.39, 0.29) is 5.41 Å². The normalized spacial score (nSPS) is 18.3. The number of nitrogens with zero attached hydrogens (tertiary/aromatic N) is 4. The SMILES string of the molecule is CC(C)(C)c1nn(-c2ccc(C3(N)CC4(C3)OCCO4)cc2)c2c3cc(-c4ccccc4)cnc3cc[n+]12. The Hall–Kier alpha value is -3.65. The molecule has 192 valence electrons. The van der Waals surface area contributed by atoms with Crippen LogP contribution in [-0.2, 0) is 20.4 Å². The van der Waals surface area contributed by atoms with Crippen molar-refractivity contribution in [3.8, 4) is 16.8 Å². The van der Waals surface area contributed by atoms with E-state index in [0.29, 0.717) is 26.1 Å². The zero-order valence-corrected chi connectivity index (χ0v) is 22.0. The van der Waals surface area contributed by atoms with Crippen LogP contribution in [0.15, 0.2) is 79.1 Å². The lowest BCUT2D eigenvalue weighted by atomic mass is 9.68. The topological polar surface area (TPSA) is 79.3 Å². The van der Waals surface area contributed by atoms with E-state index < -0.39 is 11.3 Å². The third kappa shape index (κ3) is 3.65. The van der Waals surface area contributed by atoms with Crippen molar-refractivity contribution in [2.75, 3.05) is 13.2 Å².